The molecule has 0 saturated carbocycles. The minimum Gasteiger partial charge on any atom is -0.450 e. The number of piperazine rings is 1. The van der Waals surface area contributed by atoms with Crippen molar-refractivity contribution in [1.29, 1.82) is 0 Å². The number of aromatic nitrogens is 1. The summed E-state index contributed by atoms with van der Waals surface area (Å²) in [5.41, 5.74) is 0.189. The van der Waals surface area contributed by atoms with Crippen LogP contribution in [-0.2, 0) is 4.74 Å². The molecule has 1 aromatic carbocycles. The van der Waals surface area contributed by atoms with Crippen LogP contribution < -0.4 is 5.32 Å². The zero-order valence-electron chi connectivity index (χ0n) is 15.3. The van der Waals surface area contributed by atoms with Gasteiger partial charge in [-0.25, -0.2) is 13.6 Å². The fraction of sp³-hybridized carbons (Fsp3) is 0.316. The number of benzene rings is 1. The van der Waals surface area contributed by atoms with Gasteiger partial charge in [0, 0.05) is 38.1 Å². The summed E-state index contributed by atoms with van der Waals surface area (Å²) in [5.74, 6) is -1.79. The van der Waals surface area contributed by atoms with Crippen LogP contribution in [0.4, 0.5) is 25.0 Å². The Morgan fingerprint density at radius 3 is 2.39 bits per heavy atom. The fourth-order valence-electron chi connectivity index (χ4n) is 2.86. The third kappa shape index (κ3) is 4.36. The number of nitrogens with one attached hydrogen (secondary N) is 1. The molecule has 0 atom stereocenters. The maximum atomic E-state index is 13.8. The number of ether oxygens (including phenoxy) is 1. The fourth-order valence-corrected chi connectivity index (χ4v) is 2.86. The lowest BCUT2D eigenvalue weighted by molar-refractivity contribution is 0.0566. The summed E-state index contributed by atoms with van der Waals surface area (Å²) in [5, 5.41) is 2.64. The quantitative estimate of drug-likeness (QED) is 0.869. The summed E-state index contributed by atoms with van der Waals surface area (Å²) < 4.78 is 32.6. The Morgan fingerprint density at radius 1 is 1.11 bits per heavy atom. The number of amides is 2. The Labute approximate surface area is 160 Å². The first-order valence-electron chi connectivity index (χ1n) is 8.87. The van der Waals surface area contributed by atoms with E-state index < -0.39 is 17.7 Å². The lowest BCUT2D eigenvalue weighted by Crippen LogP contribution is -2.50. The molecule has 1 fully saturated rings. The first kappa shape index (κ1) is 19.5. The van der Waals surface area contributed by atoms with Crippen LogP contribution in [0.3, 0.4) is 0 Å². The smallest absolute Gasteiger partial charge is 0.409 e. The van der Waals surface area contributed by atoms with Gasteiger partial charge < -0.3 is 19.9 Å². The average molecular weight is 390 g/mol. The van der Waals surface area contributed by atoms with Crippen molar-refractivity contribution in [3.8, 4) is 0 Å². The molecule has 1 aliphatic heterocycles. The number of hydrogen-bond donors (Lipinski definition) is 1. The second-order valence-electron chi connectivity index (χ2n) is 6.13. The highest BCUT2D eigenvalue weighted by Gasteiger charge is 2.26. The van der Waals surface area contributed by atoms with Gasteiger partial charge >= 0.3 is 6.09 Å². The highest BCUT2D eigenvalue weighted by molar-refractivity contribution is 5.93. The van der Waals surface area contributed by atoms with E-state index in [0.29, 0.717) is 38.5 Å². The van der Waals surface area contributed by atoms with E-state index in [4.69, 9.17) is 4.74 Å². The Hall–Kier alpha value is -3.23. The van der Waals surface area contributed by atoms with Crippen molar-refractivity contribution in [2.75, 3.05) is 38.1 Å². The lowest BCUT2D eigenvalue weighted by Gasteiger charge is -2.33. The zero-order chi connectivity index (χ0) is 20.1. The average Bonchev–Trinajstić information content (AvgIpc) is 2.71. The van der Waals surface area contributed by atoms with Crippen LogP contribution in [-0.4, -0.2) is 59.6 Å². The lowest BCUT2D eigenvalue weighted by atomic mass is 10.2. The molecular formula is C19H20F2N4O3. The van der Waals surface area contributed by atoms with Crippen molar-refractivity contribution in [1.82, 2.24) is 14.8 Å². The molecule has 1 aliphatic rings. The number of pyridine rings is 1. The number of hydrogen-bond acceptors (Lipinski definition) is 5. The molecule has 0 radical (unpaired) electrons. The Morgan fingerprint density at radius 2 is 1.75 bits per heavy atom. The normalized spacial score (nSPS) is 14.0. The van der Waals surface area contributed by atoms with Gasteiger partial charge in [-0.3, -0.25) is 9.78 Å². The molecule has 7 nitrogen and oxygen atoms in total. The molecule has 1 aromatic heterocycles. The minimum atomic E-state index is -0.736. The highest BCUT2D eigenvalue weighted by atomic mass is 19.1. The molecule has 28 heavy (non-hydrogen) atoms. The van der Waals surface area contributed by atoms with Gasteiger partial charge in [0.15, 0.2) is 0 Å². The standard InChI is InChI=1S/C19H20F2N4O3/c1-2-28-19(27)25-10-8-24(9-11-25)18(26)16-12-13(6-7-22-16)23-17-14(20)4-3-5-15(17)21/h3-7,12H,2,8-11H2,1H3,(H,22,23). The van der Waals surface area contributed by atoms with Gasteiger partial charge in [-0.2, -0.15) is 0 Å². The predicted octanol–water partition coefficient (Wildman–Crippen LogP) is 3.02. The van der Waals surface area contributed by atoms with E-state index in [-0.39, 0.29) is 17.3 Å². The van der Waals surface area contributed by atoms with E-state index >= 15 is 0 Å². The van der Waals surface area contributed by atoms with Crippen molar-refractivity contribution in [2.24, 2.45) is 0 Å². The van der Waals surface area contributed by atoms with Crippen LogP contribution in [0, 0.1) is 11.6 Å². The van der Waals surface area contributed by atoms with Gasteiger partial charge in [0.2, 0.25) is 0 Å². The number of carbonyl (C=O) groups is 2. The second-order valence-corrected chi connectivity index (χ2v) is 6.13. The molecule has 2 amide bonds. The molecular weight excluding hydrogens is 370 g/mol. The molecule has 2 aromatic rings. The van der Waals surface area contributed by atoms with Crippen LogP contribution >= 0.6 is 0 Å². The highest BCUT2D eigenvalue weighted by Crippen LogP contribution is 2.23. The van der Waals surface area contributed by atoms with Gasteiger partial charge in [0.1, 0.15) is 23.0 Å². The summed E-state index contributed by atoms with van der Waals surface area (Å²) in [6.07, 6.45) is 0.995. The molecule has 0 bridgehead atoms. The van der Waals surface area contributed by atoms with Gasteiger partial charge in [0.25, 0.3) is 5.91 Å². The van der Waals surface area contributed by atoms with E-state index in [1.807, 2.05) is 0 Å². The summed E-state index contributed by atoms with van der Waals surface area (Å²) in [4.78, 5) is 31.6. The maximum Gasteiger partial charge on any atom is 0.409 e. The molecule has 148 valence electrons. The Balaban J connectivity index is 1.67. The van der Waals surface area contributed by atoms with E-state index in [2.05, 4.69) is 10.3 Å². The number of carbonyl (C=O) groups excluding carboxylic acids is 2. The van der Waals surface area contributed by atoms with E-state index in [9.17, 15) is 18.4 Å². The van der Waals surface area contributed by atoms with Crippen LogP contribution in [0.5, 0.6) is 0 Å². The summed E-state index contributed by atoms with van der Waals surface area (Å²) in [7, 11) is 0. The molecule has 1 saturated heterocycles. The maximum absolute atomic E-state index is 13.8. The number of anilines is 2. The van der Waals surface area contributed by atoms with Crippen molar-refractivity contribution in [3.63, 3.8) is 0 Å². The predicted molar refractivity (Wildman–Crippen MR) is 98.4 cm³/mol. The Bertz CT molecular complexity index is 850. The molecule has 9 heteroatoms. The van der Waals surface area contributed by atoms with Crippen molar-refractivity contribution < 1.29 is 23.1 Å². The third-order valence-corrected chi connectivity index (χ3v) is 4.30. The molecule has 3 rings (SSSR count). The van der Waals surface area contributed by atoms with Gasteiger partial charge in [-0.05, 0) is 31.2 Å². The van der Waals surface area contributed by atoms with Gasteiger partial charge in [0.05, 0.1) is 6.61 Å². The topological polar surface area (TPSA) is 74.8 Å². The molecule has 1 N–H and O–H groups in total. The van der Waals surface area contributed by atoms with Gasteiger partial charge in [-0.1, -0.05) is 6.07 Å². The van der Waals surface area contributed by atoms with Crippen LogP contribution in [0.2, 0.25) is 0 Å². The third-order valence-electron chi connectivity index (χ3n) is 4.30. The van der Waals surface area contributed by atoms with E-state index in [1.165, 1.54) is 24.4 Å². The van der Waals surface area contributed by atoms with Crippen molar-refractivity contribution in [2.45, 2.75) is 6.92 Å². The number of para-hydroxylation sites is 1. The summed E-state index contributed by atoms with van der Waals surface area (Å²) in [6.45, 7) is 3.45. The first-order valence-corrected chi connectivity index (χ1v) is 8.87. The Kier molecular flexibility index (Phi) is 6.03. The second kappa shape index (κ2) is 8.64. The van der Waals surface area contributed by atoms with Crippen LogP contribution in [0.15, 0.2) is 36.5 Å². The number of halogens is 2. The van der Waals surface area contributed by atoms with Crippen LogP contribution in [0.25, 0.3) is 0 Å². The van der Waals surface area contributed by atoms with Crippen molar-refractivity contribution >= 4 is 23.4 Å². The zero-order valence-corrected chi connectivity index (χ0v) is 15.3. The summed E-state index contributed by atoms with van der Waals surface area (Å²) in [6, 6.07) is 6.50. The SMILES string of the molecule is CCOC(=O)N1CCN(C(=O)c2cc(Nc3c(F)cccc3F)ccn2)CC1. The largest absolute Gasteiger partial charge is 0.450 e. The number of nitrogens with zero attached hydrogens (tertiary/aromatic N) is 3. The minimum absolute atomic E-state index is 0.145. The van der Waals surface area contributed by atoms with E-state index in [1.54, 1.807) is 16.7 Å². The summed E-state index contributed by atoms with van der Waals surface area (Å²) >= 11 is 0. The number of rotatable bonds is 4. The van der Waals surface area contributed by atoms with Gasteiger partial charge in [-0.15, -0.1) is 0 Å². The first-order chi connectivity index (χ1) is 13.5. The molecule has 0 spiro atoms. The van der Waals surface area contributed by atoms with Crippen LogP contribution in [0.1, 0.15) is 17.4 Å². The van der Waals surface area contributed by atoms with E-state index in [0.717, 1.165) is 12.1 Å². The molecule has 0 unspecified atom stereocenters. The monoisotopic (exact) mass is 390 g/mol. The molecule has 2 heterocycles. The molecule has 0 aliphatic carbocycles. The van der Waals surface area contributed by atoms with Crippen molar-refractivity contribution in [3.05, 3.63) is 53.9 Å².